The molecule has 1 heterocycles. The Morgan fingerprint density at radius 2 is 1.68 bits per heavy atom. The van der Waals surface area contributed by atoms with Crippen molar-refractivity contribution >= 4 is 29.5 Å². The second kappa shape index (κ2) is 10.7. The van der Waals surface area contributed by atoms with Crippen LogP contribution in [0.2, 0.25) is 5.02 Å². The summed E-state index contributed by atoms with van der Waals surface area (Å²) in [5, 5.41) is 0.144. The molecule has 2 amide bonds. The van der Waals surface area contributed by atoms with E-state index in [2.05, 4.69) is 0 Å². The number of halogens is 7. The first kappa shape index (κ1) is 28.4. The van der Waals surface area contributed by atoms with Crippen LogP contribution in [0, 0.1) is 0 Å². The molecule has 0 fully saturated rings. The van der Waals surface area contributed by atoms with Gasteiger partial charge in [-0.2, -0.15) is 26.3 Å². The van der Waals surface area contributed by atoms with Gasteiger partial charge >= 0.3 is 24.5 Å². The highest BCUT2D eigenvalue weighted by atomic mass is 35.5. The average Bonchev–Trinajstić information content (AvgIpc) is 2.81. The summed E-state index contributed by atoms with van der Waals surface area (Å²) in [7, 11) is 1.04. The van der Waals surface area contributed by atoms with Crippen LogP contribution in [0.1, 0.15) is 48.6 Å². The number of rotatable bonds is 4. The van der Waals surface area contributed by atoms with Crippen molar-refractivity contribution in [1.29, 1.82) is 0 Å². The summed E-state index contributed by atoms with van der Waals surface area (Å²) in [6.45, 7) is 2.71. The smallest absolute Gasteiger partial charge is 0.416 e. The van der Waals surface area contributed by atoms with Crippen LogP contribution in [-0.4, -0.2) is 36.8 Å². The van der Waals surface area contributed by atoms with E-state index in [4.69, 9.17) is 21.1 Å². The molecule has 0 aromatic heterocycles. The van der Waals surface area contributed by atoms with Gasteiger partial charge in [-0.1, -0.05) is 23.7 Å². The molecule has 13 heteroatoms. The van der Waals surface area contributed by atoms with E-state index in [0.717, 1.165) is 12.0 Å². The Bertz CT molecular complexity index is 1140. The first-order valence-electron chi connectivity index (χ1n) is 11.1. The molecule has 3 rings (SSSR count). The number of para-hydroxylation sites is 1. The van der Waals surface area contributed by atoms with Gasteiger partial charge in [-0.3, -0.25) is 9.80 Å². The number of hydrogen-bond donors (Lipinski definition) is 0. The Hall–Kier alpha value is -3.15. The molecule has 0 unspecified atom stereocenters. The van der Waals surface area contributed by atoms with Gasteiger partial charge in [0.05, 0.1) is 41.6 Å². The number of anilines is 1. The standard InChI is InChI=1S/C24H23ClF6N2O4/c1-4-37-22(35)33-13(2)8-19(17-6-5-7-18(25)20(17)33)32(21(34)36-3)12-14-9-15(23(26,27)28)11-16(10-14)24(29,30)31/h5-7,9-11,13,19H,4,8,12H2,1-3H3/t13-,19+/m1/s1. The van der Waals surface area contributed by atoms with Crippen LogP contribution in [0.25, 0.3) is 0 Å². The fourth-order valence-corrected chi connectivity index (χ4v) is 4.59. The summed E-state index contributed by atoms with van der Waals surface area (Å²) < 4.78 is 90.3. The predicted octanol–water partition coefficient (Wildman–Crippen LogP) is 7.44. The molecular formula is C24H23ClF6N2O4. The van der Waals surface area contributed by atoms with Gasteiger partial charge in [0.1, 0.15) is 0 Å². The van der Waals surface area contributed by atoms with E-state index < -0.39 is 59.9 Å². The molecular weight excluding hydrogens is 530 g/mol. The highest BCUT2D eigenvalue weighted by Gasteiger charge is 2.41. The zero-order chi connectivity index (χ0) is 27.7. The number of carbonyl (C=O) groups excluding carboxylic acids is 2. The summed E-state index contributed by atoms with van der Waals surface area (Å²) in [6.07, 6.45) is -11.7. The van der Waals surface area contributed by atoms with E-state index in [1.54, 1.807) is 26.0 Å². The zero-order valence-electron chi connectivity index (χ0n) is 19.9. The molecule has 0 spiro atoms. The number of amides is 2. The largest absolute Gasteiger partial charge is 0.453 e. The summed E-state index contributed by atoms with van der Waals surface area (Å²) in [6, 6.07) is 4.25. The minimum atomic E-state index is -5.05. The minimum absolute atomic E-state index is 0.0148. The number of alkyl halides is 6. The topological polar surface area (TPSA) is 59.1 Å². The third kappa shape index (κ3) is 6.06. The molecule has 1 aliphatic rings. The second-order valence-electron chi connectivity index (χ2n) is 8.36. The molecule has 0 saturated carbocycles. The van der Waals surface area contributed by atoms with Crippen LogP contribution < -0.4 is 4.90 Å². The number of methoxy groups -OCH3 is 1. The van der Waals surface area contributed by atoms with Crippen molar-refractivity contribution in [1.82, 2.24) is 4.90 Å². The molecule has 2 atom stereocenters. The van der Waals surface area contributed by atoms with Crippen LogP contribution in [-0.2, 0) is 28.4 Å². The molecule has 0 radical (unpaired) electrons. The molecule has 0 saturated heterocycles. The van der Waals surface area contributed by atoms with E-state index in [9.17, 15) is 35.9 Å². The number of carbonyl (C=O) groups is 2. The molecule has 202 valence electrons. The normalized spacial score (nSPS) is 17.7. The van der Waals surface area contributed by atoms with Crippen LogP contribution in [0.3, 0.4) is 0 Å². The molecule has 37 heavy (non-hydrogen) atoms. The third-order valence-corrected chi connectivity index (χ3v) is 6.18. The number of hydrogen-bond acceptors (Lipinski definition) is 4. The maximum atomic E-state index is 13.4. The first-order chi connectivity index (χ1) is 17.2. The number of benzene rings is 2. The quantitative estimate of drug-likeness (QED) is 0.370. The van der Waals surface area contributed by atoms with E-state index in [1.165, 1.54) is 11.0 Å². The van der Waals surface area contributed by atoms with Crippen LogP contribution in [0.4, 0.5) is 41.6 Å². The van der Waals surface area contributed by atoms with Crippen LogP contribution >= 0.6 is 11.6 Å². The van der Waals surface area contributed by atoms with Crippen LogP contribution in [0.15, 0.2) is 36.4 Å². The molecule has 0 N–H and O–H groups in total. The second-order valence-corrected chi connectivity index (χ2v) is 8.77. The molecule has 2 aromatic rings. The Kier molecular flexibility index (Phi) is 8.21. The lowest BCUT2D eigenvalue weighted by atomic mass is 9.90. The van der Waals surface area contributed by atoms with Crippen molar-refractivity contribution < 1.29 is 45.4 Å². The van der Waals surface area contributed by atoms with Crippen molar-refractivity contribution in [3.63, 3.8) is 0 Å². The van der Waals surface area contributed by atoms with Crippen molar-refractivity contribution in [2.24, 2.45) is 0 Å². The fourth-order valence-electron chi connectivity index (χ4n) is 4.32. The first-order valence-corrected chi connectivity index (χ1v) is 11.4. The lowest BCUT2D eigenvalue weighted by Crippen LogP contribution is -2.47. The maximum absolute atomic E-state index is 13.4. The molecule has 6 nitrogen and oxygen atoms in total. The van der Waals surface area contributed by atoms with Gasteiger partial charge in [0.15, 0.2) is 0 Å². The van der Waals surface area contributed by atoms with Crippen molar-refractivity contribution in [3.05, 3.63) is 63.7 Å². The third-order valence-electron chi connectivity index (χ3n) is 5.87. The highest BCUT2D eigenvalue weighted by molar-refractivity contribution is 6.34. The summed E-state index contributed by atoms with van der Waals surface area (Å²) in [4.78, 5) is 27.8. The van der Waals surface area contributed by atoms with Gasteiger partial charge in [-0.15, -0.1) is 0 Å². The van der Waals surface area contributed by atoms with Crippen molar-refractivity contribution in [3.8, 4) is 0 Å². The summed E-state index contributed by atoms with van der Waals surface area (Å²) >= 11 is 6.40. The highest BCUT2D eigenvalue weighted by Crippen LogP contribution is 2.45. The Labute approximate surface area is 213 Å². The van der Waals surface area contributed by atoms with Gasteiger partial charge in [-0.05, 0) is 50.1 Å². The fraction of sp³-hybridized carbons (Fsp3) is 0.417. The van der Waals surface area contributed by atoms with E-state index in [1.807, 2.05) is 0 Å². The Balaban J connectivity index is 2.13. The molecule has 0 bridgehead atoms. The Morgan fingerprint density at radius 3 is 2.19 bits per heavy atom. The predicted molar refractivity (Wildman–Crippen MR) is 122 cm³/mol. The van der Waals surface area contributed by atoms with Crippen LogP contribution in [0.5, 0.6) is 0 Å². The maximum Gasteiger partial charge on any atom is 0.416 e. The van der Waals surface area contributed by atoms with Gasteiger partial charge in [-0.25, -0.2) is 9.59 Å². The Morgan fingerprint density at radius 1 is 1.08 bits per heavy atom. The van der Waals surface area contributed by atoms with E-state index in [-0.39, 0.29) is 29.8 Å². The van der Waals surface area contributed by atoms with Gasteiger partial charge in [0.2, 0.25) is 0 Å². The monoisotopic (exact) mass is 552 g/mol. The zero-order valence-corrected chi connectivity index (χ0v) is 20.7. The summed E-state index contributed by atoms with van der Waals surface area (Å²) in [5.41, 5.74) is -2.84. The average molecular weight is 553 g/mol. The van der Waals surface area contributed by atoms with Gasteiger partial charge in [0, 0.05) is 18.2 Å². The lowest BCUT2D eigenvalue weighted by molar-refractivity contribution is -0.143. The number of nitrogens with zero attached hydrogens (tertiary/aromatic N) is 2. The molecule has 2 aromatic carbocycles. The van der Waals surface area contributed by atoms with E-state index >= 15 is 0 Å². The van der Waals surface area contributed by atoms with Gasteiger partial charge < -0.3 is 9.47 Å². The lowest BCUT2D eigenvalue weighted by Gasteiger charge is -2.42. The van der Waals surface area contributed by atoms with E-state index in [0.29, 0.717) is 17.7 Å². The number of fused-ring (bicyclic) bond motifs is 1. The SMILES string of the molecule is CCOC(=O)N1c2c(Cl)cccc2[C@@H](N(Cc2cc(C(F)(F)F)cc(C(F)(F)F)c2)C(=O)OC)C[C@H]1C. The van der Waals surface area contributed by atoms with Crippen molar-refractivity contribution in [2.75, 3.05) is 18.6 Å². The molecule has 1 aliphatic heterocycles. The number of ether oxygens (including phenoxy) is 2. The van der Waals surface area contributed by atoms with Gasteiger partial charge in [0.25, 0.3) is 0 Å². The molecule has 0 aliphatic carbocycles. The van der Waals surface area contributed by atoms with Crippen molar-refractivity contribution in [2.45, 2.75) is 51.2 Å². The summed E-state index contributed by atoms with van der Waals surface area (Å²) in [5.74, 6) is 0. The minimum Gasteiger partial charge on any atom is -0.453 e.